The van der Waals surface area contributed by atoms with Crippen molar-refractivity contribution in [2.24, 2.45) is 0 Å². The molecule has 0 spiro atoms. The van der Waals surface area contributed by atoms with E-state index in [0.717, 1.165) is 83.5 Å². The molecule has 0 aromatic rings. The van der Waals surface area contributed by atoms with Crippen LogP contribution in [0, 0.1) is 0 Å². The molecule has 1 amide bonds. The van der Waals surface area contributed by atoms with Crippen LogP contribution >= 0.6 is 7.82 Å². The van der Waals surface area contributed by atoms with Crippen LogP contribution in [0.25, 0.3) is 0 Å². The minimum Gasteiger partial charge on any atom is -0.456 e. The van der Waals surface area contributed by atoms with E-state index < -0.39 is 20.0 Å². The Morgan fingerprint density at radius 2 is 0.842 bits per heavy atom. The monoisotopic (exact) mass is 1090 g/mol. The number of phosphoric ester groups is 1. The van der Waals surface area contributed by atoms with E-state index in [1.165, 1.54) is 180 Å². The third-order valence-corrected chi connectivity index (χ3v) is 15.2. The van der Waals surface area contributed by atoms with Gasteiger partial charge in [0.25, 0.3) is 0 Å². The normalized spacial score (nSPS) is 14.0. The van der Waals surface area contributed by atoms with Gasteiger partial charge in [-0.3, -0.25) is 18.6 Å². The van der Waals surface area contributed by atoms with Crippen LogP contribution in [0.2, 0.25) is 0 Å². The Labute approximate surface area is 471 Å². The largest absolute Gasteiger partial charge is 0.472 e. The predicted octanol–water partition coefficient (Wildman–Crippen LogP) is 19.8. The van der Waals surface area contributed by atoms with Crippen molar-refractivity contribution in [1.29, 1.82) is 0 Å². The molecular weight excluding hydrogens is 964 g/mol. The average Bonchev–Trinajstić information content (AvgIpc) is 3.38. The van der Waals surface area contributed by atoms with Crippen LogP contribution in [0.15, 0.2) is 60.8 Å². The first-order valence-corrected chi connectivity index (χ1v) is 33.6. The number of phosphoric acid groups is 1. The van der Waals surface area contributed by atoms with Crippen molar-refractivity contribution in [1.82, 2.24) is 5.32 Å². The van der Waals surface area contributed by atoms with Gasteiger partial charge in [-0.25, -0.2) is 4.57 Å². The minimum atomic E-state index is -4.45. The van der Waals surface area contributed by atoms with Crippen LogP contribution in [0.3, 0.4) is 0 Å². The third kappa shape index (κ3) is 56.4. The van der Waals surface area contributed by atoms with Gasteiger partial charge in [-0.05, 0) is 89.5 Å². The number of hydrogen-bond acceptors (Lipinski definition) is 6. The number of nitrogens with one attached hydrogen (secondary N) is 1. The number of nitrogens with zero attached hydrogens (tertiary/aromatic N) is 1. The molecule has 9 nitrogen and oxygen atoms in total. The van der Waals surface area contributed by atoms with Crippen LogP contribution < -0.4 is 5.32 Å². The first kappa shape index (κ1) is 73.7. The van der Waals surface area contributed by atoms with Gasteiger partial charge in [-0.15, -0.1) is 0 Å². The lowest BCUT2D eigenvalue weighted by Gasteiger charge is -2.27. The fraction of sp³-hybridized carbons (Fsp3) is 0.818. The summed E-state index contributed by atoms with van der Waals surface area (Å²) in [5.74, 6) is -0.513. The SMILES string of the molecule is CCCCC/C=C\C/C=C\CCCCCCCCCCCCCCCC(=O)OC(/C=C\CCCCCCCCCCCC)C(COP(=O)(O)OCC[N+](C)(C)C)NC(=O)CCCCCCCC/C=C/C=C/CCCCC. The first-order valence-electron chi connectivity index (χ1n) is 32.1. The zero-order chi connectivity index (χ0) is 55.7. The van der Waals surface area contributed by atoms with E-state index >= 15 is 0 Å². The number of quaternary nitrogens is 1. The molecule has 0 rings (SSSR count). The summed E-state index contributed by atoms with van der Waals surface area (Å²) in [6.07, 6.45) is 70.7. The summed E-state index contributed by atoms with van der Waals surface area (Å²) in [7, 11) is 1.49. The molecule has 444 valence electrons. The second-order valence-electron chi connectivity index (χ2n) is 23.0. The minimum absolute atomic E-state index is 0.0372. The molecule has 0 saturated carbocycles. The molecule has 76 heavy (non-hydrogen) atoms. The van der Waals surface area contributed by atoms with Crippen molar-refractivity contribution in [3.63, 3.8) is 0 Å². The maximum absolute atomic E-state index is 13.5. The van der Waals surface area contributed by atoms with E-state index in [1.807, 2.05) is 33.3 Å². The van der Waals surface area contributed by atoms with Gasteiger partial charge in [0, 0.05) is 12.8 Å². The van der Waals surface area contributed by atoms with Crippen LogP contribution in [0.1, 0.15) is 297 Å². The third-order valence-electron chi connectivity index (χ3n) is 14.2. The molecule has 0 aliphatic carbocycles. The zero-order valence-electron chi connectivity index (χ0n) is 50.7. The highest BCUT2D eigenvalue weighted by Gasteiger charge is 2.30. The van der Waals surface area contributed by atoms with E-state index in [9.17, 15) is 19.0 Å². The van der Waals surface area contributed by atoms with Gasteiger partial charge in [-0.1, -0.05) is 255 Å². The summed E-state index contributed by atoms with van der Waals surface area (Å²) < 4.78 is 30.7. The van der Waals surface area contributed by atoms with Crippen molar-refractivity contribution >= 4 is 19.7 Å². The molecule has 0 saturated heterocycles. The lowest BCUT2D eigenvalue weighted by atomic mass is 10.0. The lowest BCUT2D eigenvalue weighted by Crippen LogP contribution is -2.47. The van der Waals surface area contributed by atoms with Crippen molar-refractivity contribution in [2.45, 2.75) is 309 Å². The van der Waals surface area contributed by atoms with E-state index in [0.29, 0.717) is 17.4 Å². The number of carbonyl (C=O) groups excluding carboxylic acids is 2. The number of carbonyl (C=O) groups is 2. The number of amides is 1. The summed E-state index contributed by atoms with van der Waals surface area (Å²) in [6.45, 7) is 6.97. The summed E-state index contributed by atoms with van der Waals surface area (Å²) in [5.41, 5.74) is 0. The van der Waals surface area contributed by atoms with Crippen LogP contribution in [-0.2, 0) is 27.9 Å². The molecule has 0 aromatic heterocycles. The van der Waals surface area contributed by atoms with Crippen molar-refractivity contribution in [2.75, 3.05) is 40.9 Å². The maximum atomic E-state index is 13.5. The molecule has 3 atom stereocenters. The first-order chi connectivity index (χ1) is 36.9. The van der Waals surface area contributed by atoms with Crippen molar-refractivity contribution < 1.29 is 37.3 Å². The molecule has 0 aliphatic heterocycles. The smallest absolute Gasteiger partial charge is 0.456 e. The quantitative estimate of drug-likeness (QED) is 0.0156. The van der Waals surface area contributed by atoms with E-state index in [-0.39, 0.29) is 31.5 Å². The topological polar surface area (TPSA) is 111 Å². The predicted molar refractivity (Wildman–Crippen MR) is 328 cm³/mol. The Morgan fingerprint density at radius 1 is 0.474 bits per heavy atom. The molecule has 0 aromatic carbocycles. The van der Waals surface area contributed by atoms with E-state index in [1.54, 1.807) is 0 Å². The highest BCUT2D eigenvalue weighted by molar-refractivity contribution is 7.47. The Morgan fingerprint density at radius 3 is 1.29 bits per heavy atom. The number of rotatable bonds is 58. The standard InChI is InChI=1S/C66H123N2O7P/c1-7-10-13-16-19-22-25-28-30-31-32-33-34-35-36-37-39-41-44-47-50-53-56-59-66(70)75-64(57-54-51-48-45-42-27-24-21-18-15-12-9-3)63(62-74-76(71,72)73-61-60-68(4,5)6)67-65(69)58-55-52-49-46-43-40-38-29-26-23-20-17-14-11-8-2/h19-20,22-23,26,28-30,54,57,63-64H,7-18,21,24-25,27,31-53,55-56,58-62H2,1-6H3,(H-,67,69,71,72)/p+1/b22-19-,23-20+,29-26+,30-28-,57-54-. The summed E-state index contributed by atoms with van der Waals surface area (Å²) >= 11 is 0. The Bertz CT molecular complexity index is 1490. The number of allylic oxidation sites excluding steroid dienone is 9. The Hall–Kier alpha value is -2.29. The molecular formula is C66H124N2O7P+. The molecule has 2 N–H and O–H groups in total. The van der Waals surface area contributed by atoms with Gasteiger partial charge in [-0.2, -0.15) is 0 Å². The zero-order valence-corrected chi connectivity index (χ0v) is 51.6. The lowest BCUT2D eigenvalue weighted by molar-refractivity contribution is -0.870. The van der Waals surface area contributed by atoms with E-state index in [4.69, 9.17) is 13.8 Å². The average molecular weight is 1090 g/mol. The highest BCUT2D eigenvalue weighted by atomic mass is 31.2. The van der Waals surface area contributed by atoms with Gasteiger partial charge in [0.2, 0.25) is 5.91 Å². The molecule has 10 heteroatoms. The summed E-state index contributed by atoms with van der Waals surface area (Å²) in [4.78, 5) is 37.7. The van der Waals surface area contributed by atoms with Gasteiger partial charge >= 0.3 is 13.8 Å². The van der Waals surface area contributed by atoms with Crippen molar-refractivity contribution in [3.8, 4) is 0 Å². The molecule has 0 radical (unpaired) electrons. The molecule has 0 fully saturated rings. The van der Waals surface area contributed by atoms with Gasteiger partial charge in [0.05, 0.1) is 33.8 Å². The van der Waals surface area contributed by atoms with Crippen LogP contribution in [-0.4, -0.2) is 74.3 Å². The van der Waals surface area contributed by atoms with Gasteiger partial charge < -0.3 is 19.4 Å². The summed E-state index contributed by atoms with van der Waals surface area (Å²) in [5, 5.41) is 3.05. The van der Waals surface area contributed by atoms with E-state index in [2.05, 4.69) is 74.7 Å². The highest BCUT2D eigenvalue weighted by Crippen LogP contribution is 2.43. The molecule has 0 aliphatic rings. The summed E-state index contributed by atoms with van der Waals surface area (Å²) in [6, 6.07) is -0.855. The second kappa shape index (κ2) is 56.0. The van der Waals surface area contributed by atoms with Crippen molar-refractivity contribution in [3.05, 3.63) is 60.8 Å². The van der Waals surface area contributed by atoms with Gasteiger partial charge in [0.1, 0.15) is 19.3 Å². The fourth-order valence-corrected chi connectivity index (χ4v) is 9.93. The second-order valence-corrected chi connectivity index (χ2v) is 24.4. The number of ether oxygens (including phenoxy) is 1. The fourth-order valence-electron chi connectivity index (χ4n) is 9.20. The Balaban J connectivity index is 5.16. The van der Waals surface area contributed by atoms with Crippen LogP contribution in [0.4, 0.5) is 0 Å². The molecule has 0 bridgehead atoms. The number of unbranched alkanes of at least 4 members (excludes halogenated alkanes) is 35. The van der Waals surface area contributed by atoms with Crippen LogP contribution in [0.5, 0.6) is 0 Å². The molecule has 0 heterocycles. The maximum Gasteiger partial charge on any atom is 0.472 e. The molecule has 3 unspecified atom stereocenters. The number of esters is 1. The number of likely N-dealkylation sites (N-methyl/N-ethyl adjacent to an activating group) is 1. The Kier molecular flexibility index (Phi) is 54.3. The van der Waals surface area contributed by atoms with Gasteiger partial charge in [0.15, 0.2) is 0 Å². The number of hydrogen-bond donors (Lipinski definition) is 2.